The Labute approximate surface area is 291 Å². The van der Waals surface area contributed by atoms with Gasteiger partial charge in [-0.15, -0.1) is 36.6 Å². The molecule has 7 nitrogen and oxygen atoms in total. The molecule has 10 heteroatoms. The molecule has 0 aromatic heterocycles. The van der Waals surface area contributed by atoms with Gasteiger partial charge < -0.3 is 19.9 Å². The minimum atomic E-state index is -0.755. The third kappa shape index (κ3) is 8.20. The summed E-state index contributed by atoms with van der Waals surface area (Å²) < 4.78 is 5.64. The van der Waals surface area contributed by atoms with Crippen LogP contribution in [0, 0.1) is 19.8 Å². The van der Waals surface area contributed by atoms with E-state index in [1.54, 1.807) is 16.7 Å². The van der Waals surface area contributed by atoms with Gasteiger partial charge in [0, 0.05) is 49.4 Å². The maximum absolute atomic E-state index is 14.0. The number of ether oxygens (including phenoxy) is 1. The van der Waals surface area contributed by atoms with Crippen LogP contribution in [0.2, 0.25) is 0 Å². The number of aryl methyl sites for hydroxylation is 2. The van der Waals surface area contributed by atoms with Gasteiger partial charge in [0.15, 0.2) is 0 Å². The Balaban J connectivity index is 0.00000288. The Morgan fingerprint density at radius 3 is 2.22 bits per heavy atom. The fourth-order valence-electron chi connectivity index (χ4n) is 6.33. The lowest BCUT2D eigenvalue weighted by molar-refractivity contribution is -0.122. The number of likely N-dealkylation sites (N-methyl/N-ethyl adjacent to an activating group) is 1. The van der Waals surface area contributed by atoms with Crippen LogP contribution < -0.4 is 15.0 Å². The van der Waals surface area contributed by atoms with Gasteiger partial charge in [-0.05, 0) is 68.5 Å². The SMILES string of the molecule is Cc1cccc(C)c1NC(=O)CN1CCN(CCCCOc2ccccc2C2(C(C)C)Sc3ccccc3N(C)C2=O)CC1.Cl.Cl. The Kier molecular flexibility index (Phi) is 13.8. The molecule has 1 unspecified atom stereocenters. The van der Waals surface area contributed by atoms with Crippen LogP contribution >= 0.6 is 36.6 Å². The van der Waals surface area contributed by atoms with E-state index >= 15 is 0 Å². The Morgan fingerprint density at radius 1 is 0.891 bits per heavy atom. The number of nitrogens with zero attached hydrogens (tertiary/aromatic N) is 3. The van der Waals surface area contributed by atoms with Crippen molar-refractivity contribution in [2.24, 2.45) is 5.92 Å². The highest BCUT2D eigenvalue weighted by Crippen LogP contribution is 2.56. The third-order valence-electron chi connectivity index (χ3n) is 8.92. The van der Waals surface area contributed by atoms with Crippen LogP contribution in [-0.2, 0) is 14.3 Å². The van der Waals surface area contributed by atoms with Gasteiger partial charge in [-0.2, -0.15) is 0 Å². The van der Waals surface area contributed by atoms with Crippen molar-refractivity contribution in [3.8, 4) is 5.75 Å². The highest BCUT2D eigenvalue weighted by molar-refractivity contribution is 8.01. The molecule has 1 fully saturated rings. The highest BCUT2D eigenvalue weighted by atomic mass is 35.5. The summed E-state index contributed by atoms with van der Waals surface area (Å²) >= 11 is 1.65. The number of nitrogens with one attached hydrogen (secondary N) is 1. The quantitative estimate of drug-likeness (QED) is 0.216. The largest absolute Gasteiger partial charge is 0.493 e. The van der Waals surface area contributed by atoms with E-state index < -0.39 is 4.75 Å². The predicted molar refractivity (Wildman–Crippen MR) is 195 cm³/mol. The first-order valence-corrected chi connectivity index (χ1v) is 16.6. The molecule has 2 aliphatic rings. The van der Waals surface area contributed by atoms with Crippen LogP contribution in [0.4, 0.5) is 11.4 Å². The standard InChI is InChI=1S/C36H46N4O3S.2ClH/c1-26(2)36(35(42)38(5)30-16-7-9-18-32(30)44-36)29-15-6-8-17-31(29)43-24-11-10-19-39-20-22-40(23-21-39)25-33(41)37-34-27(3)13-12-14-28(34)4;;/h6-9,12-18,26H,10-11,19-25H2,1-5H3,(H,37,41);2*1H. The smallest absolute Gasteiger partial charge is 0.248 e. The summed E-state index contributed by atoms with van der Waals surface area (Å²) in [6.07, 6.45) is 1.97. The van der Waals surface area contributed by atoms with Gasteiger partial charge in [0.2, 0.25) is 11.8 Å². The Morgan fingerprint density at radius 2 is 1.52 bits per heavy atom. The van der Waals surface area contributed by atoms with Crippen LogP contribution in [0.3, 0.4) is 0 Å². The number of carbonyl (C=O) groups is 2. The van der Waals surface area contributed by atoms with E-state index in [-0.39, 0.29) is 42.5 Å². The summed E-state index contributed by atoms with van der Waals surface area (Å²) in [7, 11) is 1.88. The van der Waals surface area contributed by atoms with Crippen LogP contribution in [0.5, 0.6) is 5.75 Å². The number of thioether (sulfide) groups is 1. The van der Waals surface area contributed by atoms with Crippen molar-refractivity contribution < 1.29 is 14.3 Å². The number of rotatable bonds is 11. The number of para-hydroxylation sites is 3. The number of fused-ring (bicyclic) bond motifs is 1. The molecule has 1 N–H and O–H groups in total. The topological polar surface area (TPSA) is 65.1 Å². The molecule has 1 atom stereocenters. The summed E-state index contributed by atoms with van der Waals surface area (Å²) in [5, 5.41) is 3.11. The summed E-state index contributed by atoms with van der Waals surface area (Å²) in [5.41, 5.74) is 5.02. The maximum Gasteiger partial charge on any atom is 0.248 e. The Hall–Kier alpha value is -2.75. The van der Waals surface area contributed by atoms with Gasteiger partial charge in [-0.1, -0.05) is 62.4 Å². The molecule has 2 amide bonds. The highest BCUT2D eigenvalue weighted by Gasteiger charge is 2.51. The lowest BCUT2D eigenvalue weighted by Gasteiger charge is -2.44. The lowest BCUT2D eigenvalue weighted by Crippen LogP contribution is -2.49. The van der Waals surface area contributed by atoms with Crippen molar-refractivity contribution in [1.29, 1.82) is 0 Å². The first kappa shape index (κ1) is 37.7. The number of piperazine rings is 1. The van der Waals surface area contributed by atoms with Crippen LogP contribution in [-0.4, -0.2) is 74.5 Å². The van der Waals surface area contributed by atoms with E-state index in [1.807, 2.05) is 75.5 Å². The number of halogens is 2. The number of hydrogen-bond acceptors (Lipinski definition) is 6. The van der Waals surface area contributed by atoms with Gasteiger partial charge in [-0.3, -0.25) is 14.5 Å². The van der Waals surface area contributed by atoms with Gasteiger partial charge in [-0.25, -0.2) is 0 Å². The number of amides is 2. The maximum atomic E-state index is 14.0. The van der Waals surface area contributed by atoms with Crippen molar-refractivity contribution in [1.82, 2.24) is 9.80 Å². The second kappa shape index (κ2) is 16.9. The molecule has 0 bridgehead atoms. The van der Waals surface area contributed by atoms with E-state index in [0.29, 0.717) is 13.2 Å². The van der Waals surface area contributed by atoms with E-state index in [1.165, 1.54) is 0 Å². The van der Waals surface area contributed by atoms with Crippen LogP contribution in [0.15, 0.2) is 71.6 Å². The van der Waals surface area contributed by atoms with Crippen LogP contribution in [0.1, 0.15) is 43.4 Å². The summed E-state index contributed by atoms with van der Waals surface area (Å²) in [6, 6.07) is 22.3. The van der Waals surface area contributed by atoms with Gasteiger partial charge in [0.05, 0.1) is 18.8 Å². The van der Waals surface area contributed by atoms with Crippen molar-refractivity contribution in [2.75, 3.05) is 63.1 Å². The normalized spacial score (nSPS) is 18.4. The molecule has 250 valence electrons. The Bertz CT molecular complexity index is 1460. The molecular formula is C36H48Cl2N4O3S. The molecular weight excluding hydrogens is 639 g/mol. The zero-order chi connectivity index (χ0) is 31.3. The third-order valence-corrected chi connectivity index (χ3v) is 10.7. The van der Waals surface area contributed by atoms with Gasteiger partial charge >= 0.3 is 0 Å². The van der Waals surface area contributed by atoms with Crippen LogP contribution in [0.25, 0.3) is 0 Å². The molecule has 0 radical (unpaired) electrons. The minimum Gasteiger partial charge on any atom is -0.493 e. The first-order valence-electron chi connectivity index (χ1n) is 15.8. The molecule has 2 heterocycles. The second-order valence-electron chi connectivity index (χ2n) is 12.3. The lowest BCUT2D eigenvalue weighted by atomic mass is 9.85. The zero-order valence-corrected chi connectivity index (χ0v) is 30.0. The number of hydrogen-bond donors (Lipinski definition) is 1. The molecule has 3 aromatic carbocycles. The van der Waals surface area contributed by atoms with Crippen molar-refractivity contribution >= 4 is 59.8 Å². The molecule has 2 aliphatic heterocycles. The first-order chi connectivity index (χ1) is 21.2. The average Bonchev–Trinajstić information content (AvgIpc) is 3.01. The number of anilines is 2. The molecule has 0 saturated carbocycles. The number of benzene rings is 3. The number of carbonyl (C=O) groups excluding carboxylic acids is 2. The average molecular weight is 688 g/mol. The van der Waals surface area contributed by atoms with Gasteiger partial charge in [0.25, 0.3) is 0 Å². The number of unbranched alkanes of at least 4 members (excludes halogenated alkanes) is 1. The fraction of sp³-hybridized carbons (Fsp3) is 0.444. The van der Waals surface area contributed by atoms with E-state index in [4.69, 9.17) is 4.74 Å². The predicted octanol–water partition coefficient (Wildman–Crippen LogP) is 7.18. The fourth-order valence-corrected chi connectivity index (χ4v) is 7.87. The second-order valence-corrected chi connectivity index (χ2v) is 13.6. The molecule has 0 spiro atoms. The summed E-state index contributed by atoms with van der Waals surface area (Å²) in [4.78, 5) is 34.3. The monoisotopic (exact) mass is 686 g/mol. The van der Waals surface area contributed by atoms with E-state index in [0.717, 1.165) is 84.3 Å². The van der Waals surface area contributed by atoms with Crippen molar-refractivity contribution in [3.05, 3.63) is 83.4 Å². The summed E-state index contributed by atoms with van der Waals surface area (Å²) in [5.74, 6) is 1.00. The molecule has 46 heavy (non-hydrogen) atoms. The molecule has 1 saturated heterocycles. The van der Waals surface area contributed by atoms with Crippen molar-refractivity contribution in [3.63, 3.8) is 0 Å². The van der Waals surface area contributed by atoms with E-state index in [9.17, 15) is 9.59 Å². The minimum absolute atomic E-state index is 0. The zero-order valence-electron chi connectivity index (χ0n) is 27.6. The molecule has 3 aromatic rings. The van der Waals surface area contributed by atoms with Gasteiger partial charge in [0.1, 0.15) is 10.5 Å². The van der Waals surface area contributed by atoms with E-state index in [2.05, 4.69) is 41.1 Å². The summed E-state index contributed by atoms with van der Waals surface area (Å²) in [6.45, 7) is 14.1. The van der Waals surface area contributed by atoms with Crippen molar-refractivity contribution in [2.45, 2.75) is 50.2 Å². The molecule has 0 aliphatic carbocycles. The molecule has 5 rings (SSSR count).